The summed E-state index contributed by atoms with van der Waals surface area (Å²) in [6.07, 6.45) is 2.05. The lowest BCUT2D eigenvalue weighted by molar-refractivity contribution is 0.597. The second-order valence-electron chi connectivity index (χ2n) is 2.12. The van der Waals surface area contributed by atoms with Crippen molar-refractivity contribution < 1.29 is 4.39 Å². The fourth-order valence-electron chi connectivity index (χ4n) is 0.764. The Bertz CT molecular complexity index is 252. The third-order valence-corrected chi connectivity index (χ3v) is 1.70. The number of pyridine rings is 1. The van der Waals surface area contributed by atoms with Crippen LogP contribution in [0.15, 0.2) is 16.7 Å². The van der Waals surface area contributed by atoms with Gasteiger partial charge in [-0.2, -0.15) is 0 Å². The van der Waals surface area contributed by atoms with Gasteiger partial charge in [0.05, 0.1) is 5.69 Å². The number of hydrogen-bond acceptors (Lipinski definition) is 2. The summed E-state index contributed by atoms with van der Waals surface area (Å²) >= 11 is 3.11. The summed E-state index contributed by atoms with van der Waals surface area (Å²) < 4.78 is 13.5. The van der Waals surface area contributed by atoms with Gasteiger partial charge in [0.25, 0.3) is 0 Å². The monoisotopic (exact) mass is 218 g/mol. The van der Waals surface area contributed by atoms with Crippen LogP contribution >= 0.6 is 15.9 Å². The lowest BCUT2D eigenvalue weighted by Crippen LogP contribution is -2.06. The standard InChI is InChI=1S/C7H8BrFN2/c8-5-3-6(9)7(1-2-10)11-4-5/h3-4H,1-2,10H2. The molecule has 1 rings (SSSR count). The van der Waals surface area contributed by atoms with Crippen molar-refractivity contribution in [2.24, 2.45) is 5.73 Å². The fourth-order valence-corrected chi connectivity index (χ4v) is 1.07. The van der Waals surface area contributed by atoms with Crippen LogP contribution in [0.3, 0.4) is 0 Å². The Kier molecular flexibility index (Phi) is 2.96. The van der Waals surface area contributed by atoms with Crippen LogP contribution in [0.5, 0.6) is 0 Å². The van der Waals surface area contributed by atoms with E-state index in [0.29, 0.717) is 23.1 Å². The minimum Gasteiger partial charge on any atom is -0.330 e. The smallest absolute Gasteiger partial charge is 0.145 e. The van der Waals surface area contributed by atoms with Gasteiger partial charge in [0, 0.05) is 17.1 Å². The van der Waals surface area contributed by atoms with Gasteiger partial charge in [-0.05, 0) is 28.5 Å². The Morgan fingerprint density at radius 2 is 2.36 bits per heavy atom. The lowest BCUT2D eigenvalue weighted by atomic mass is 10.2. The van der Waals surface area contributed by atoms with Gasteiger partial charge in [0.2, 0.25) is 0 Å². The molecule has 0 unspecified atom stereocenters. The molecule has 0 aliphatic heterocycles. The third-order valence-electron chi connectivity index (χ3n) is 1.27. The quantitative estimate of drug-likeness (QED) is 0.818. The minimum absolute atomic E-state index is 0.301. The number of nitrogens with zero attached hydrogens (tertiary/aromatic N) is 1. The molecule has 0 fully saturated rings. The molecule has 0 bridgehead atoms. The number of halogens is 2. The molecule has 0 spiro atoms. The zero-order valence-corrected chi connectivity index (χ0v) is 7.44. The summed E-state index contributed by atoms with van der Waals surface area (Å²) in [5.41, 5.74) is 5.68. The maximum atomic E-state index is 12.9. The van der Waals surface area contributed by atoms with Gasteiger partial charge >= 0.3 is 0 Å². The maximum absolute atomic E-state index is 12.9. The lowest BCUT2D eigenvalue weighted by Gasteiger charge is -1.98. The van der Waals surface area contributed by atoms with Crippen molar-refractivity contribution in [1.82, 2.24) is 4.98 Å². The molecule has 4 heteroatoms. The first-order valence-electron chi connectivity index (χ1n) is 3.24. The van der Waals surface area contributed by atoms with Crippen LogP contribution in [0.4, 0.5) is 4.39 Å². The first-order chi connectivity index (χ1) is 5.24. The van der Waals surface area contributed by atoms with Gasteiger partial charge < -0.3 is 5.73 Å². The highest BCUT2D eigenvalue weighted by atomic mass is 79.9. The first kappa shape index (κ1) is 8.62. The zero-order valence-electron chi connectivity index (χ0n) is 5.85. The zero-order chi connectivity index (χ0) is 8.27. The highest BCUT2D eigenvalue weighted by Gasteiger charge is 2.01. The fraction of sp³-hybridized carbons (Fsp3) is 0.286. The summed E-state index contributed by atoms with van der Waals surface area (Å²) in [7, 11) is 0. The van der Waals surface area contributed by atoms with Crippen LogP contribution in [0.2, 0.25) is 0 Å². The molecule has 11 heavy (non-hydrogen) atoms. The second kappa shape index (κ2) is 3.78. The van der Waals surface area contributed by atoms with Gasteiger partial charge in [-0.1, -0.05) is 0 Å². The Morgan fingerprint density at radius 1 is 1.64 bits per heavy atom. The van der Waals surface area contributed by atoms with Gasteiger partial charge in [0.15, 0.2) is 0 Å². The largest absolute Gasteiger partial charge is 0.330 e. The van der Waals surface area contributed by atoms with Crippen LogP contribution in [0, 0.1) is 5.82 Å². The first-order valence-corrected chi connectivity index (χ1v) is 4.03. The molecule has 0 saturated carbocycles. The van der Waals surface area contributed by atoms with Crippen molar-refractivity contribution in [3.05, 3.63) is 28.2 Å². The van der Waals surface area contributed by atoms with Crippen molar-refractivity contribution >= 4 is 15.9 Å². The third kappa shape index (κ3) is 2.24. The summed E-state index contributed by atoms with van der Waals surface area (Å²) in [4.78, 5) is 3.87. The van der Waals surface area contributed by atoms with Crippen LogP contribution in [0.25, 0.3) is 0 Å². The van der Waals surface area contributed by atoms with E-state index in [9.17, 15) is 4.39 Å². The number of hydrogen-bond donors (Lipinski definition) is 1. The molecule has 0 amide bonds. The molecular weight excluding hydrogens is 211 g/mol. The molecule has 2 N–H and O–H groups in total. The molecule has 1 aromatic heterocycles. The highest BCUT2D eigenvalue weighted by Crippen LogP contribution is 2.12. The van der Waals surface area contributed by atoms with Crippen LogP contribution in [0.1, 0.15) is 5.69 Å². The van der Waals surface area contributed by atoms with Gasteiger partial charge in [0.1, 0.15) is 5.82 Å². The summed E-state index contributed by atoms with van der Waals surface area (Å²) in [6, 6.07) is 1.39. The Labute approximate surface area is 72.8 Å². The summed E-state index contributed by atoms with van der Waals surface area (Å²) in [6.45, 7) is 0.422. The van der Waals surface area contributed by atoms with E-state index in [-0.39, 0.29) is 5.82 Å². The van der Waals surface area contributed by atoms with Crippen molar-refractivity contribution in [2.45, 2.75) is 6.42 Å². The van der Waals surface area contributed by atoms with Crippen molar-refractivity contribution in [3.8, 4) is 0 Å². The van der Waals surface area contributed by atoms with E-state index in [0.717, 1.165) is 0 Å². The molecule has 0 aromatic carbocycles. The molecular formula is C7H8BrFN2. The minimum atomic E-state index is -0.301. The Hall–Kier alpha value is -0.480. The Morgan fingerprint density at radius 3 is 2.91 bits per heavy atom. The highest BCUT2D eigenvalue weighted by molar-refractivity contribution is 9.10. The molecule has 0 radical (unpaired) electrons. The average molecular weight is 219 g/mol. The van der Waals surface area contributed by atoms with E-state index < -0.39 is 0 Å². The van der Waals surface area contributed by atoms with Crippen LogP contribution < -0.4 is 5.73 Å². The van der Waals surface area contributed by atoms with Gasteiger partial charge in [-0.3, -0.25) is 4.98 Å². The van der Waals surface area contributed by atoms with Crippen molar-refractivity contribution in [1.29, 1.82) is 0 Å². The molecule has 0 saturated heterocycles. The molecule has 1 heterocycles. The van der Waals surface area contributed by atoms with Crippen LogP contribution in [-0.2, 0) is 6.42 Å². The van der Waals surface area contributed by atoms with E-state index in [2.05, 4.69) is 20.9 Å². The van der Waals surface area contributed by atoms with E-state index in [1.165, 1.54) is 6.07 Å². The maximum Gasteiger partial charge on any atom is 0.145 e. The van der Waals surface area contributed by atoms with E-state index >= 15 is 0 Å². The predicted octanol–water partition coefficient (Wildman–Crippen LogP) is 1.48. The van der Waals surface area contributed by atoms with E-state index in [1.54, 1.807) is 6.20 Å². The predicted molar refractivity (Wildman–Crippen MR) is 44.7 cm³/mol. The molecule has 1 aromatic rings. The van der Waals surface area contributed by atoms with Crippen molar-refractivity contribution in [2.75, 3.05) is 6.54 Å². The molecule has 2 nitrogen and oxygen atoms in total. The SMILES string of the molecule is NCCc1ncc(Br)cc1F. The van der Waals surface area contributed by atoms with Gasteiger partial charge in [-0.25, -0.2) is 4.39 Å². The van der Waals surface area contributed by atoms with E-state index in [4.69, 9.17) is 5.73 Å². The van der Waals surface area contributed by atoms with Crippen molar-refractivity contribution in [3.63, 3.8) is 0 Å². The molecule has 0 atom stereocenters. The average Bonchev–Trinajstić information content (AvgIpc) is 1.95. The van der Waals surface area contributed by atoms with E-state index in [1.807, 2.05) is 0 Å². The topological polar surface area (TPSA) is 38.9 Å². The molecule has 0 aliphatic rings. The summed E-state index contributed by atoms with van der Waals surface area (Å²) in [5, 5.41) is 0. The summed E-state index contributed by atoms with van der Waals surface area (Å²) in [5.74, 6) is -0.301. The van der Waals surface area contributed by atoms with Crippen LogP contribution in [-0.4, -0.2) is 11.5 Å². The molecule has 60 valence electrons. The van der Waals surface area contributed by atoms with Gasteiger partial charge in [-0.15, -0.1) is 0 Å². The number of rotatable bonds is 2. The Balaban J connectivity index is 2.90. The molecule has 0 aliphatic carbocycles. The normalized spacial score (nSPS) is 10.1. The second-order valence-corrected chi connectivity index (χ2v) is 3.04. The number of aromatic nitrogens is 1. The number of nitrogens with two attached hydrogens (primary N) is 1.